The van der Waals surface area contributed by atoms with Crippen LogP contribution < -0.4 is 5.32 Å². The van der Waals surface area contributed by atoms with Gasteiger partial charge in [-0.3, -0.25) is 4.79 Å². The summed E-state index contributed by atoms with van der Waals surface area (Å²) in [6, 6.07) is 6.40. The highest BCUT2D eigenvalue weighted by atomic mass is 19.1. The number of nitrogens with zero attached hydrogens (tertiary/aromatic N) is 3. The molecule has 0 unspecified atom stereocenters. The normalized spacial score (nSPS) is 14.5. The van der Waals surface area contributed by atoms with Gasteiger partial charge in [-0.15, -0.1) is 0 Å². The van der Waals surface area contributed by atoms with Crippen molar-refractivity contribution < 1.29 is 13.9 Å². The second-order valence-electron chi connectivity index (χ2n) is 5.49. The number of anilines is 1. The van der Waals surface area contributed by atoms with Gasteiger partial charge in [0, 0.05) is 19.6 Å². The molecule has 1 saturated heterocycles. The van der Waals surface area contributed by atoms with Crippen molar-refractivity contribution >= 4 is 11.7 Å². The summed E-state index contributed by atoms with van der Waals surface area (Å²) in [5.74, 6) is 0.248. The van der Waals surface area contributed by atoms with Crippen molar-refractivity contribution in [3.05, 3.63) is 53.7 Å². The number of carbonyl (C=O) groups excluding carboxylic acids is 1. The number of morpholine rings is 1. The number of benzene rings is 1. The van der Waals surface area contributed by atoms with Gasteiger partial charge in [-0.1, -0.05) is 12.1 Å². The molecule has 2 heterocycles. The van der Waals surface area contributed by atoms with Gasteiger partial charge in [-0.2, -0.15) is 0 Å². The molecule has 1 aromatic heterocycles. The van der Waals surface area contributed by atoms with Crippen molar-refractivity contribution in [2.45, 2.75) is 6.42 Å². The van der Waals surface area contributed by atoms with E-state index < -0.39 is 0 Å². The summed E-state index contributed by atoms with van der Waals surface area (Å²) in [6.45, 7) is 2.93. The Bertz CT molecular complexity index is 670. The molecule has 126 valence electrons. The Morgan fingerprint density at radius 1 is 1.17 bits per heavy atom. The third-order valence-electron chi connectivity index (χ3n) is 3.80. The number of ether oxygens (including phenoxy) is 1. The van der Waals surface area contributed by atoms with Crippen LogP contribution in [0.1, 0.15) is 16.1 Å². The smallest absolute Gasteiger partial charge is 0.274 e. The fourth-order valence-corrected chi connectivity index (χ4v) is 2.44. The monoisotopic (exact) mass is 330 g/mol. The van der Waals surface area contributed by atoms with Crippen LogP contribution in [0.15, 0.2) is 36.7 Å². The van der Waals surface area contributed by atoms with Gasteiger partial charge in [0.15, 0.2) is 0 Å². The first-order valence-electron chi connectivity index (χ1n) is 7.90. The third kappa shape index (κ3) is 4.26. The van der Waals surface area contributed by atoms with Crippen LogP contribution in [-0.4, -0.2) is 53.6 Å². The minimum Gasteiger partial charge on any atom is -0.378 e. The van der Waals surface area contributed by atoms with E-state index in [1.54, 1.807) is 23.2 Å². The standard InChI is InChI=1S/C17H19FN4O2/c18-14-3-1-13(2-4-14)5-6-19-16-12-20-15(11-21-16)17(23)22-7-9-24-10-8-22/h1-4,11-12H,5-10H2,(H,19,21). The van der Waals surface area contributed by atoms with E-state index in [1.165, 1.54) is 18.3 Å². The Balaban J connectivity index is 1.50. The molecule has 0 radical (unpaired) electrons. The Morgan fingerprint density at radius 2 is 1.92 bits per heavy atom. The number of hydrogen-bond donors (Lipinski definition) is 1. The predicted molar refractivity (Wildman–Crippen MR) is 87.3 cm³/mol. The molecule has 7 heteroatoms. The SMILES string of the molecule is O=C(c1cnc(NCCc2ccc(F)cc2)cn1)N1CCOCC1. The lowest BCUT2D eigenvalue weighted by molar-refractivity contribution is 0.0298. The molecule has 2 aromatic rings. The highest BCUT2D eigenvalue weighted by molar-refractivity contribution is 5.92. The van der Waals surface area contributed by atoms with E-state index in [0.717, 1.165) is 12.0 Å². The summed E-state index contributed by atoms with van der Waals surface area (Å²) in [4.78, 5) is 22.4. The molecule has 0 saturated carbocycles. The maximum absolute atomic E-state index is 12.8. The molecule has 3 rings (SSSR count). The first-order valence-corrected chi connectivity index (χ1v) is 7.90. The molecule has 1 aliphatic rings. The van der Waals surface area contributed by atoms with Gasteiger partial charge in [0.05, 0.1) is 25.6 Å². The minimum absolute atomic E-state index is 0.122. The van der Waals surface area contributed by atoms with Crippen molar-refractivity contribution in [1.29, 1.82) is 0 Å². The topological polar surface area (TPSA) is 67.4 Å². The largest absolute Gasteiger partial charge is 0.378 e. The highest BCUT2D eigenvalue weighted by Crippen LogP contribution is 2.08. The van der Waals surface area contributed by atoms with Gasteiger partial charge in [-0.05, 0) is 24.1 Å². The van der Waals surface area contributed by atoms with E-state index in [4.69, 9.17) is 4.74 Å². The highest BCUT2D eigenvalue weighted by Gasteiger charge is 2.19. The lowest BCUT2D eigenvalue weighted by atomic mass is 10.1. The summed E-state index contributed by atoms with van der Waals surface area (Å²) in [7, 11) is 0. The number of rotatable bonds is 5. The lowest BCUT2D eigenvalue weighted by Crippen LogP contribution is -2.41. The Morgan fingerprint density at radius 3 is 2.58 bits per heavy atom. The van der Waals surface area contributed by atoms with Crippen molar-refractivity contribution in [3.8, 4) is 0 Å². The molecular formula is C17H19FN4O2. The van der Waals surface area contributed by atoms with Gasteiger partial charge < -0.3 is 15.0 Å². The number of hydrogen-bond acceptors (Lipinski definition) is 5. The number of amides is 1. The van der Waals surface area contributed by atoms with Gasteiger partial charge in [0.25, 0.3) is 5.91 Å². The summed E-state index contributed by atoms with van der Waals surface area (Å²) in [6.07, 6.45) is 3.78. The molecule has 0 spiro atoms. The average molecular weight is 330 g/mol. The summed E-state index contributed by atoms with van der Waals surface area (Å²) in [5, 5.41) is 3.14. The second-order valence-corrected chi connectivity index (χ2v) is 5.49. The molecule has 1 aliphatic heterocycles. The summed E-state index contributed by atoms with van der Waals surface area (Å²) < 4.78 is 18.1. The Hall–Kier alpha value is -2.54. The zero-order valence-electron chi connectivity index (χ0n) is 13.2. The van der Waals surface area contributed by atoms with Crippen molar-refractivity contribution in [2.75, 3.05) is 38.2 Å². The molecule has 24 heavy (non-hydrogen) atoms. The maximum atomic E-state index is 12.8. The fourth-order valence-electron chi connectivity index (χ4n) is 2.44. The molecule has 0 bridgehead atoms. The van der Waals surface area contributed by atoms with Crippen LogP contribution in [0.2, 0.25) is 0 Å². The van der Waals surface area contributed by atoms with Crippen molar-refractivity contribution in [3.63, 3.8) is 0 Å². The quantitative estimate of drug-likeness (QED) is 0.904. The predicted octanol–water partition coefficient (Wildman–Crippen LogP) is 1.74. The number of aromatic nitrogens is 2. The fraction of sp³-hybridized carbons (Fsp3) is 0.353. The van der Waals surface area contributed by atoms with Crippen LogP contribution in [-0.2, 0) is 11.2 Å². The van der Waals surface area contributed by atoms with Crippen molar-refractivity contribution in [1.82, 2.24) is 14.9 Å². The molecule has 1 amide bonds. The molecule has 0 aliphatic carbocycles. The van der Waals surface area contributed by atoms with E-state index in [2.05, 4.69) is 15.3 Å². The molecule has 1 fully saturated rings. The van der Waals surface area contributed by atoms with Gasteiger partial charge in [0.2, 0.25) is 0 Å². The number of halogens is 1. The van der Waals surface area contributed by atoms with E-state index >= 15 is 0 Å². The van der Waals surface area contributed by atoms with Gasteiger partial charge in [-0.25, -0.2) is 14.4 Å². The Labute approximate surface area is 139 Å². The summed E-state index contributed by atoms with van der Waals surface area (Å²) in [5.41, 5.74) is 1.37. The number of carbonyl (C=O) groups is 1. The van der Waals surface area contributed by atoms with Crippen LogP contribution in [0.25, 0.3) is 0 Å². The van der Waals surface area contributed by atoms with Crippen LogP contribution in [0.3, 0.4) is 0 Å². The lowest BCUT2D eigenvalue weighted by Gasteiger charge is -2.26. The zero-order chi connectivity index (χ0) is 16.8. The second kappa shape index (κ2) is 7.83. The average Bonchev–Trinajstić information content (AvgIpc) is 2.64. The van der Waals surface area contributed by atoms with E-state index in [9.17, 15) is 9.18 Å². The van der Waals surface area contributed by atoms with Crippen LogP contribution in [0, 0.1) is 5.82 Å². The first-order chi connectivity index (χ1) is 11.7. The van der Waals surface area contributed by atoms with E-state index in [1.807, 2.05) is 0 Å². The first kappa shape index (κ1) is 16.3. The van der Waals surface area contributed by atoms with Crippen LogP contribution in [0.4, 0.5) is 10.2 Å². The van der Waals surface area contributed by atoms with Crippen LogP contribution in [0.5, 0.6) is 0 Å². The van der Waals surface area contributed by atoms with Crippen LogP contribution >= 0.6 is 0 Å². The molecule has 6 nitrogen and oxygen atoms in total. The number of nitrogens with one attached hydrogen (secondary N) is 1. The maximum Gasteiger partial charge on any atom is 0.274 e. The molecule has 0 atom stereocenters. The van der Waals surface area contributed by atoms with Crippen molar-refractivity contribution in [2.24, 2.45) is 0 Å². The molecule has 1 aromatic carbocycles. The third-order valence-corrected chi connectivity index (χ3v) is 3.80. The van der Waals surface area contributed by atoms with Gasteiger partial charge in [0.1, 0.15) is 17.3 Å². The Kier molecular flexibility index (Phi) is 5.32. The van der Waals surface area contributed by atoms with E-state index in [0.29, 0.717) is 44.4 Å². The minimum atomic E-state index is -0.238. The molecule has 1 N–H and O–H groups in total. The van der Waals surface area contributed by atoms with Gasteiger partial charge >= 0.3 is 0 Å². The molecular weight excluding hydrogens is 311 g/mol. The summed E-state index contributed by atoms with van der Waals surface area (Å²) >= 11 is 0. The zero-order valence-corrected chi connectivity index (χ0v) is 13.2. The van der Waals surface area contributed by atoms with E-state index in [-0.39, 0.29) is 11.7 Å².